The maximum atomic E-state index is 14.4. The van der Waals surface area contributed by atoms with Gasteiger partial charge in [-0.15, -0.1) is 11.3 Å². The fraction of sp³-hybridized carbons (Fsp3) is 0.541. The Hall–Kier alpha value is -2.88. The van der Waals surface area contributed by atoms with Crippen LogP contribution in [0.4, 0.5) is 5.69 Å². The molecule has 6 rings (SSSR count). The molecule has 3 saturated carbocycles. The zero-order valence-corrected chi connectivity index (χ0v) is 29.0. The smallest absolute Gasteiger partial charge is 0.270 e. The fourth-order valence-corrected chi connectivity index (χ4v) is 8.88. The van der Waals surface area contributed by atoms with Crippen LogP contribution >= 0.6 is 11.3 Å². The molecule has 0 saturated heterocycles. The summed E-state index contributed by atoms with van der Waals surface area (Å²) in [5.74, 6) is 2.54. The van der Waals surface area contributed by atoms with Crippen molar-refractivity contribution in [3.8, 4) is 16.2 Å². The first-order chi connectivity index (χ1) is 22.3. The van der Waals surface area contributed by atoms with Gasteiger partial charge < -0.3 is 19.5 Å². The normalized spacial score (nSPS) is 23.8. The molecular weight excluding hydrogens is 615 g/mol. The number of hydrogen-bond donors (Lipinski definition) is 1. The molecule has 3 aliphatic rings. The highest BCUT2D eigenvalue weighted by molar-refractivity contribution is 7.91. The van der Waals surface area contributed by atoms with Gasteiger partial charge in [0.05, 0.1) is 23.3 Å². The Morgan fingerprint density at radius 3 is 2.41 bits per heavy atom. The van der Waals surface area contributed by atoms with Crippen molar-refractivity contribution >= 4 is 40.0 Å². The highest BCUT2D eigenvalue weighted by Gasteiger charge is 2.34. The van der Waals surface area contributed by atoms with Gasteiger partial charge in [-0.1, -0.05) is 24.3 Å². The molecule has 0 aliphatic heterocycles. The quantitative estimate of drug-likeness (QED) is 0.217. The molecule has 2 aromatic carbocycles. The summed E-state index contributed by atoms with van der Waals surface area (Å²) < 4.78 is 17.0. The number of aryl methyl sites for hydroxylation is 1. The third-order valence-electron chi connectivity index (χ3n) is 10.1. The number of hydrogen-bond acceptors (Lipinski definition) is 6. The van der Waals surface area contributed by atoms with E-state index in [1.807, 2.05) is 6.20 Å². The summed E-state index contributed by atoms with van der Waals surface area (Å²) in [6, 6.07) is 15.1. The molecule has 3 fully saturated rings. The lowest BCUT2D eigenvalue weighted by Crippen LogP contribution is -2.45. The number of amides is 2. The predicted octanol–water partition coefficient (Wildman–Crippen LogP) is 7.37. The Bertz CT molecular complexity index is 1500. The van der Waals surface area contributed by atoms with E-state index in [1.54, 1.807) is 24.7 Å². The predicted molar refractivity (Wildman–Crippen MR) is 187 cm³/mol. The van der Waals surface area contributed by atoms with Gasteiger partial charge in [-0.2, -0.15) is 0 Å². The first kappa shape index (κ1) is 33.0. The third kappa shape index (κ3) is 8.15. The van der Waals surface area contributed by atoms with Crippen LogP contribution in [0.3, 0.4) is 0 Å². The average molecular weight is 662 g/mol. The molecular formula is C37H47N3O4S2. The van der Waals surface area contributed by atoms with Crippen LogP contribution in [0, 0.1) is 18.8 Å². The van der Waals surface area contributed by atoms with E-state index < -0.39 is 11.2 Å². The van der Waals surface area contributed by atoms with Crippen molar-refractivity contribution in [3.05, 3.63) is 64.8 Å². The third-order valence-corrected chi connectivity index (χ3v) is 12.0. The Balaban J connectivity index is 1.16. The first-order valence-corrected chi connectivity index (χ1v) is 19.4. The number of aromatic nitrogens is 1. The van der Waals surface area contributed by atoms with Gasteiger partial charge in [0.15, 0.2) is 5.75 Å². The molecule has 0 spiro atoms. The maximum Gasteiger partial charge on any atom is 0.270 e. The number of carbonyl (C=O) groups excluding carboxylic acids is 2. The largest absolute Gasteiger partial charge is 0.616 e. The number of benzene rings is 2. The number of ether oxygens (including phenoxy) is 1. The zero-order chi connectivity index (χ0) is 32.2. The molecule has 1 atom stereocenters. The molecule has 246 valence electrons. The van der Waals surface area contributed by atoms with Crippen molar-refractivity contribution in [1.29, 1.82) is 0 Å². The molecule has 46 heavy (non-hydrogen) atoms. The van der Waals surface area contributed by atoms with Gasteiger partial charge in [0, 0.05) is 36.3 Å². The second kappa shape index (κ2) is 14.9. The second-order valence-electron chi connectivity index (χ2n) is 13.6. The minimum Gasteiger partial charge on any atom is -0.616 e. The van der Waals surface area contributed by atoms with Crippen molar-refractivity contribution in [2.75, 3.05) is 30.6 Å². The Morgan fingerprint density at radius 2 is 1.74 bits per heavy atom. The van der Waals surface area contributed by atoms with Crippen LogP contribution in [-0.4, -0.2) is 53.1 Å². The van der Waals surface area contributed by atoms with E-state index in [0.717, 1.165) is 79.8 Å². The van der Waals surface area contributed by atoms with Crippen molar-refractivity contribution in [2.45, 2.75) is 89.0 Å². The van der Waals surface area contributed by atoms with Crippen molar-refractivity contribution in [3.63, 3.8) is 0 Å². The van der Waals surface area contributed by atoms with Crippen molar-refractivity contribution < 1.29 is 18.9 Å². The minimum absolute atomic E-state index is 0.0329. The Morgan fingerprint density at radius 1 is 1.00 bits per heavy atom. The van der Waals surface area contributed by atoms with Crippen molar-refractivity contribution in [2.24, 2.45) is 11.8 Å². The number of methoxy groups -OCH3 is 1. The van der Waals surface area contributed by atoms with Gasteiger partial charge in [-0.3, -0.25) is 9.59 Å². The van der Waals surface area contributed by atoms with E-state index in [4.69, 9.17) is 9.72 Å². The first-order valence-electron chi connectivity index (χ1n) is 16.9. The van der Waals surface area contributed by atoms with Crippen molar-refractivity contribution in [1.82, 2.24) is 10.3 Å². The monoisotopic (exact) mass is 661 g/mol. The standard InChI is InChI=1S/C37H47N3O4S2/c1-24-19-29(15-18-33(24)44-2)26-9-7-25(8-10-26)22-40(37(42)28-13-16-31(17-14-28)39-35(41)23-46(3)43)32-6-4-5-30(20-32)34-21-38-36(45-34)27-11-12-27/h4-6,15,18-21,25-28,31H,7-14,16-17,22-23H2,1-3H3,(H,39,41)/t25-,26-,28-,31-,46?. The van der Waals surface area contributed by atoms with E-state index >= 15 is 0 Å². The Labute approximate surface area is 280 Å². The molecule has 7 nitrogen and oxygen atoms in total. The van der Waals surface area contributed by atoms with Crippen LogP contribution in [0.25, 0.3) is 10.4 Å². The van der Waals surface area contributed by atoms with Crippen LogP contribution in [0.1, 0.15) is 92.2 Å². The lowest BCUT2D eigenvalue weighted by atomic mass is 9.78. The molecule has 3 aliphatic carbocycles. The van der Waals surface area contributed by atoms with Gasteiger partial charge in [0.25, 0.3) is 5.91 Å². The highest BCUT2D eigenvalue weighted by atomic mass is 32.2. The summed E-state index contributed by atoms with van der Waals surface area (Å²) in [6.45, 7) is 2.84. The van der Waals surface area contributed by atoms with Crippen LogP contribution in [0.2, 0.25) is 0 Å². The summed E-state index contributed by atoms with van der Waals surface area (Å²) >= 11 is 0.626. The molecule has 1 unspecified atom stereocenters. The number of carbonyl (C=O) groups is 2. The van der Waals surface area contributed by atoms with Gasteiger partial charge in [0.2, 0.25) is 5.91 Å². The molecule has 1 aromatic heterocycles. The summed E-state index contributed by atoms with van der Waals surface area (Å²) in [5, 5.41) is 4.26. The maximum absolute atomic E-state index is 14.4. The molecule has 1 heterocycles. The minimum atomic E-state index is -1.16. The van der Waals surface area contributed by atoms with Gasteiger partial charge >= 0.3 is 0 Å². The van der Waals surface area contributed by atoms with E-state index in [2.05, 4.69) is 59.6 Å². The lowest BCUT2D eigenvalue weighted by Gasteiger charge is -2.36. The number of rotatable bonds is 11. The summed E-state index contributed by atoms with van der Waals surface area (Å²) in [4.78, 5) is 34.5. The fourth-order valence-electron chi connectivity index (χ4n) is 7.34. The van der Waals surface area contributed by atoms with Gasteiger partial charge in [0.1, 0.15) is 5.75 Å². The number of nitrogens with zero attached hydrogens (tertiary/aromatic N) is 2. The lowest BCUT2D eigenvalue weighted by molar-refractivity contribution is -0.123. The second-order valence-corrected chi connectivity index (χ2v) is 16.1. The molecule has 1 N–H and O–H groups in total. The zero-order valence-electron chi connectivity index (χ0n) is 27.3. The number of nitrogens with one attached hydrogen (secondary N) is 1. The molecule has 0 bridgehead atoms. The van der Waals surface area contributed by atoms with E-state index in [0.29, 0.717) is 17.8 Å². The summed E-state index contributed by atoms with van der Waals surface area (Å²) in [7, 11) is 1.72. The molecule has 3 aromatic rings. The number of thiazole rings is 1. The molecule has 0 radical (unpaired) electrons. The van der Waals surface area contributed by atoms with Gasteiger partial charge in [-0.25, -0.2) is 4.98 Å². The van der Waals surface area contributed by atoms with E-state index in [1.165, 1.54) is 29.0 Å². The van der Waals surface area contributed by atoms with Crippen LogP contribution in [0.15, 0.2) is 48.7 Å². The Kier molecular flexibility index (Phi) is 10.7. The van der Waals surface area contributed by atoms with Gasteiger partial charge in [-0.05, 0) is 129 Å². The highest BCUT2D eigenvalue weighted by Crippen LogP contribution is 2.44. The number of anilines is 1. The SMILES string of the molecule is COc1ccc([C@H]2CC[C@H](CN(c3cccc(-c4cnc(C5CC5)s4)c3)C(=O)[C@H]3CC[C@H](NC(=O)C[S+](C)[O-])CC3)CC2)cc1C. The van der Waals surface area contributed by atoms with Crippen LogP contribution in [-0.2, 0) is 20.8 Å². The summed E-state index contributed by atoms with van der Waals surface area (Å²) in [6.07, 6.45) is 13.5. The van der Waals surface area contributed by atoms with Crippen LogP contribution < -0.4 is 15.0 Å². The molecule has 9 heteroatoms. The topological polar surface area (TPSA) is 94.6 Å². The van der Waals surface area contributed by atoms with E-state index in [9.17, 15) is 14.1 Å². The molecule has 2 amide bonds. The van der Waals surface area contributed by atoms with Crippen LogP contribution in [0.5, 0.6) is 5.75 Å². The van der Waals surface area contributed by atoms with E-state index in [-0.39, 0.29) is 29.5 Å². The average Bonchev–Trinajstić information content (AvgIpc) is 3.79. The summed E-state index contributed by atoms with van der Waals surface area (Å²) in [5.41, 5.74) is 4.66.